The Morgan fingerprint density at radius 3 is 2.24 bits per heavy atom. The van der Waals surface area contributed by atoms with Crippen molar-refractivity contribution in [2.75, 3.05) is 39.1 Å². The summed E-state index contributed by atoms with van der Waals surface area (Å²) in [6.45, 7) is 3.02. The lowest BCUT2D eigenvalue weighted by molar-refractivity contribution is -0.156. The van der Waals surface area contributed by atoms with Crippen molar-refractivity contribution >= 4 is 52.9 Å². The summed E-state index contributed by atoms with van der Waals surface area (Å²) in [4.78, 5) is 123. The number of anilines is 1. The first kappa shape index (κ1) is 45.7. The van der Waals surface area contributed by atoms with Gasteiger partial charge in [0.15, 0.2) is 11.7 Å². The zero-order chi connectivity index (χ0) is 45.5. The number of esters is 1. The molecule has 4 N–H and O–H groups in total. The standard InChI is InChI=1S/C45H54N8O10/c1-6-31-42(59)52-22-11-14-32(52)43(60)51(5)34(24-27-16-18-29(19-17-27)50(3)4)44(61)53-23-20-30(54)25-33(53)39(56)49-37(28-12-8-7-9-13-28)45(62)63-26(2)36(40(57)47-31)48-41(58)38-35(55)15-10-21-46-38/h7-10,12-13,15-19,21,26,31-34,36-37,55H,6,11,14,20,22-25H2,1-5H3,(H,47,57)(H,48,58)(H,49,56)/t26-,31+,32-,33+,34?,36-,37+/m0/s1. The first-order valence-corrected chi connectivity index (χ1v) is 21.1. The summed E-state index contributed by atoms with van der Waals surface area (Å²) in [6, 6.07) is 10.1. The molecule has 334 valence electrons. The number of ketones is 1. The highest BCUT2D eigenvalue weighted by atomic mass is 16.5. The van der Waals surface area contributed by atoms with Gasteiger partial charge in [-0.3, -0.25) is 33.6 Å². The number of nitrogens with one attached hydrogen (secondary N) is 3. The average molecular weight is 867 g/mol. The molecule has 6 amide bonds. The van der Waals surface area contributed by atoms with Gasteiger partial charge < -0.3 is 45.4 Å². The molecule has 63 heavy (non-hydrogen) atoms. The number of rotatable bonds is 7. The lowest BCUT2D eigenvalue weighted by Crippen LogP contribution is -2.61. The molecule has 1 aromatic heterocycles. The van der Waals surface area contributed by atoms with Gasteiger partial charge in [-0.05, 0) is 61.6 Å². The number of nitrogens with zero attached hydrogens (tertiary/aromatic N) is 5. The fourth-order valence-corrected chi connectivity index (χ4v) is 8.20. The van der Waals surface area contributed by atoms with Crippen molar-refractivity contribution in [1.82, 2.24) is 35.6 Å². The maximum atomic E-state index is 15.0. The number of carbonyl (C=O) groups excluding carboxylic acids is 8. The summed E-state index contributed by atoms with van der Waals surface area (Å²) in [5.41, 5.74) is 1.45. The van der Waals surface area contributed by atoms with Gasteiger partial charge in [0.2, 0.25) is 29.5 Å². The molecule has 6 rings (SSSR count). The summed E-state index contributed by atoms with van der Waals surface area (Å²) >= 11 is 0. The van der Waals surface area contributed by atoms with Gasteiger partial charge in [-0.2, -0.15) is 0 Å². The zero-order valence-electron chi connectivity index (χ0n) is 36.0. The van der Waals surface area contributed by atoms with Gasteiger partial charge >= 0.3 is 5.97 Å². The van der Waals surface area contributed by atoms with E-state index in [2.05, 4.69) is 20.9 Å². The summed E-state index contributed by atoms with van der Waals surface area (Å²) < 4.78 is 5.85. The number of benzene rings is 2. The molecular formula is C45H54N8O10. The van der Waals surface area contributed by atoms with Gasteiger partial charge in [0.25, 0.3) is 5.91 Å². The van der Waals surface area contributed by atoms with Gasteiger partial charge in [-0.15, -0.1) is 0 Å². The number of fused-ring (bicyclic) bond motifs is 2. The van der Waals surface area contributed by atoms with Gasteiger partial charge in [0, 0.05) is 65.4 Å². The van der Waals surface area contributed by atoms with E-state index in [1.165, 1.54) is 47.0 Å². The average Bonchev–Trinajstić information content (AvgIpc) is 3.77. The molecule has 3 fully saturated rings. The second kappa shape index (κ2) is 19.9. The molecule has 1 unspecified atom stereocenters. The molecule has 3 aromatic rings. The van der Waals surface area contributed by atoms with E-state index in [9.17, 15) is 43.5 Å². The topological polar surface area (TPSA) is 228 Å². The minimum Gasteiger partial charge on any atom is -0.505 e. The van der Waals surface area contributed by atoms with E-state index in [0.29, 0.717) is 12.0 Å². The Hall–Kier alpha value is -6.85. The van der Waals surface area contributed by atoms with Crippen LogP contribution in [0.5, 0.6) is 5.75 Å². The molecule has 3 aliphatic rings. The minimum absolute atomic E-state index is 0.0299. The van der Waals surface area contributed by atoms with E-state index < -0.39 is 95.2 Å². The molecule has 3 aliphatic heterocycles. The smallest absolute Gasteiger partial charge is 0.333 e. The van der Waals surface area contributed by atoms with Crippen LogP contribution in [0, 0.1) is 0 Å². The second-order valence-corrected chi connectivity index (χ2v) is 16.2. The number of aromatic hydroxyl groups is 1. The van der Waals surface area contributed by atoms with Crippen molar-refractivity contribution in [3.63, 3.8) is 0 Å². The van der Waals surface area contributed by atoms with Crippen molar-refractivity contribution in [3.8, 4) is 5.75 Å². The highest BCUT2D eigenvalue weighted by Crippen LogP contribution is 2.27. The van der Waals surface area contributed by atoms with Crippen LogP contribution >= 0.6 is 0 Å². The van der Waals surface area contributed by atoms with Crippen molar-refractivity contribution in [1.29, 1.82) is 0 Å². The molecule has 7 atom stereocenters. The number of amides is 6. The molecule has 0 saturated carbocycles. The molecule has 18 heteroatoms. The summed E-state index contributed by atoms with van der Waals surface area (Å²) in [6.07, 6.45) is 0.175. The van der Waals surface area contributed by atoms with Crippen LogP contribution in [0.1, 0.15) is 73.6 Å². The minimum atomic E-state index is -1.68. The van der Waals surface area contributed by atoms with Crippen molar-refractivity contribution in [3.05, 3.63) is 89.7 Å². The van der Waals surface area contributed by atoms with Gasteiger partial charge in [-0.25, -0.2) is 9.78 Å². The maximum Gasteiger partial charge on any atom is 0.333 e. The Bertz CT molecular complexity index is 2220. The number of cyclic esters (lactones) is 1. The van der Waals surface area contributed by atoms with Gasteiger partial charge in [-0.1, -0.05) is 49.4 Å². The quantitative estimate of drug-likeness (QED) is 0.247. The first-order valence-electron chi connectivity index (χ1n) is 21.1. The molecule has 0 bridgehead atoms. The Balaban J connectivity index is 1.44. The number of likely N-dealkylation sites (N-methyl/N-ethyl adjacent to an activating group) is 1. The lowest BCUT2D eigenvalue weighted by Gasteiger charge is -2.40. The van der Waals surface area contributed by atoms with Crippen LogP contribution in [0.25, 0.3) is 0 Å². The number of ether oxygens (including phenoxy) is 1. The Morgan fingerprint density at radius 2 is 1.57 bits per heavy atom. The summed E-state index contributed by atoms with van der Waals surface area (Å²) in [5, 5.41) is 18.2. The number of carbonyl (C=O) groups is 8. The number of hydrogen-bond donors (Lipinski definition) is 4. The van der Waals surface area contributed by atoms with E-state index in [1.807, 2.05) is 43.3 Å². The predicted molar refractivity (Wildman–Crippen MR) is 228 cm³/mol. The SMILES string of the molecule is CC[C@H]1NC(=O)[C@@H](NC(=O)c2ncccc2O)[C@H](C)OC(=O)[C@@H](c2ccccc2)NC(=O)[C@H]2CC(=O)CCN2C(=O)C(Cc2ccc(N(C)C)cc2)N(C)C(=O)[C@@H]2CCCN2C1=O. The number of Topliss-reactive ketones (excluding diaryl/α,β-unsaturated/α-hetero) is 1. The van der Waals surface area contributed by atoms with Crippen LogP contribution in [0.2, 0.25) is 0 Å². The van der Waals surface area contributed by atoms with Gasteiger partial charge in [0.05, 0.1) is 0 Å². The maximum absolute atomic E-state index is 15.0. The van der Waals surface area contributed by atoms with E-state index in [4.69, 9.17) is 4.74 Å². The molecule has 2 aromatic carbocycles. The van der Waals surface area contributed by atoms with Crippen LogP contribution in [0.4, 0.5) is 5.69 Å². The third-order valence-corrected chi connectivity index (χ3v) is 11.8. The number of pyridine rings is 1. The highest BCUT2D eigenvalue weighted by molar-refractivity contribution is 6.01. The monoisotopic (exact) mass is 866 g/mol. The Kier molecular flexibility index (Phi) is 14.4. The van der Waals surface area contributed by atoms with Crippen molar-refractivity contribution in [2.45, 2.75) is 94.7 Å². The zero-order valence-corrected chi connectivity index (χ0v) is 36.0. The second-order valence-electron chi connectivity index (χ2n) is 16.2. The van der Waals surface area contributed by atoms with Gasteiger partial charge in [0.1, 0.15) is 47.8 Å². The molecule has 0 radical (unpaired) electrons. The molecule has 0 spiro atoms. The molecule has 18 nitrogen and oxygen atoms in total. The largest absolute Gasteiger partial charge is 0.505 e. The normalized spacial score (nSPS) is 25.4. The number of piperidine rings is 1. The summed E-state index contributed by atoms with van der Waals surface area (Å²) in [7, 11) is 5.25. The van der Waals surface area contributed by atoms with Crippen LogP contribution in [0.15, 0.2) is 72.9 Å². The predicted octanol–water partition coefficient (Wildman–Crippen LogP) is 1.27. The van der Waals surface area contributed by atoms with E-state index >= 15 is 0 Å². The lowest BCUT2D eigenvalue weighted by atomic mass is 9.95. The Labute approximate surface area is 365 Å². The van der Waals surface area contributed by atoms with E-state index in [-0.39, 0.29) is 56.5 Å². The third-order valence-electron chi connectivity index (χ3n) is 11.8. The highest BCUT2D eigenvalue weighted by Gasteiger charge is 2.45. The van der Waals surface area contributed by atoms with Crippen molar-refractivity contribution < 1.29 is 48.2 Å². The molecule has 4 heterocycles. The van der Waals surface area contributed by atoms with Crippen molar-refractivity contribution in [2.24, 2.45) is 0 Å². The fourth-order valence-electron chi connectivity index (χ4n) is 8.20. The first-order chi connectivity index (χ1) is 30.1. The van der Waals surface area contributed by atoms with E-state index in [1.54, 1.807) is 37.3 Å². The molecule has 3 saturated heterocycles. The summed E-state index contributed by atoms with van der Waals surface area (Å²) in [5.74, 6) is -6.33. The van der Waals surface area contributed by atoms with Crippen LogP contribution < -0.4 is 20.9 Å². The molecule has 0 aliphatic carbocycles. The molecular weight excluding hydrogens is 813 g/mol. The number of aromatic nitrogens is 1. The van der Waals surface area contributed by atoms with Crippen LogP contribution in [-0.2, 0) is 44.7 Å². The van der Waals surface area contributed by atoms with Crippen LogP contribution in [-0.4, -0.2) is 143 Å². The van der Waals surface area contributed by atoms with Crippen LogP contribution in [0.3, 0.4) is 0 Å². The fraction of sp³-hybridized carbons (Fsp3) is 0.444. The Morgan fingerprint density at radius 1 is 0.873 bits per heavy atom. The third kappa shape index (κ3) is 10.3. The number of hydrogen-bond acceptors (Lipinski definition) is 12. The van der Waals surface area contributed by atoms with E-state index in [0.717, 1.165) is 5.69 Å².